The Morgan fingerprint density at radius 3 is 2.15 bits per heavy atom. The average Bonchev–Trinajstić information content (AvgIpc) is 3.07. The van der Waals surface area contributed by atoms with Crippen LogP contribution in [0.3, 0.4) is 0 Å². The van der Waals surface area contributed by atoms with Crippen LogP contribution in [0.4, 0.5) is 0 Å². The maximum atomic E-state index is 12.8. The second kappa shape index (κ2) is 10.9. The van der Waals surface area contributed by atoms with Crippen molar-refractivity contribution in [2.24, 2.45) is 0 Å². The number of carbonyl (C=O) groups excluding carboxylic acids is 5. The average molecular weight is 516 g/mol. The molecule has 4 amide bonds. The van der Waals surface area contributed by atoms with Gasteiger partial charge in [-0.05, 0) is 42.8 Å². The molecule has 0 unspecified atom stereocenters. The summed E-state index contributed by atoms with van der Waals surface area (Å²) in [6.07, 6.45) is 1.51. The lowest BCUT2D eigenvalue weighted by Crippen LogP contribution is -2.47. The number of amides is 4. The molecule has 172 valence electrons. The van der Waals surface area contributed by atoms with Crippen LogP contribution < -0.4 is 10.9 Å². The molecule has 0 radical (unpaired) electrons. The van der Waals surface area contributed by atoms with Crippen LogP contribution in [0.1, 0.15) is 57.3 Å². The summed E-state index contributed by atoms with van der Waals surface area (Å²) in [6.45, 7) is 1.22. The molecule has 0 spiro atoms. The first-order chi connectivity index (χ1) is 15.8. The molecule has 1 atom stereocenters. The lowest BCUT2D eigenvalue weighted by Gasteiger charge is -2.24. The van der Waals surface area contributed by atoms with Crippen molar-refractivity contribution in [3.8, 4) is 0 Å². The summed E-state index contributed by atoms with van der Waals surface area (Å²) in [5.41, 5.74) is 5.16. The van der Waals surface area contributed by atoms with Crippen LogP contribution in [0.15, 0.2) is 53.0 Å². The maximum Gasteiger partial charge on any atom is 0.329 e. The SMILES string of the molecule is CCCC[C@H](C(=O)OCC(=O)NNC(=O)c1ccc(Br)cc1)N1C(=O)c2ccccc2C1=O. The third-order valence-electron chi connectivity index (χ3n) is 5.01. The van der Waals surface area contributed by atoms with Gasteiger partial charge in [-0.3, -0.25) is 34.9 Å². The molecule has 3 rings (SSSR count). The number of halogens is 1. The van der Waals surface area contributed by atoms with E-state index >= 15 is 0 Å². The zero-order valence-corrected chi connectivity index (χ0v) is 19.4. The first-order valence-electron chi connectivity index (χ1n) is 10.3. The Bertz CT molecular complexity index is 1050. The van der Waals surface area contributed by atoms with Gasteiger partial charge in [-0.25, -0.2) is 4.79 Å². The van der Waals surface area contributed by atoms with E-state index in [1.54, 1.807) is 36.4 Å². The summed E-state index contributed by atoms with van der Waals surface area (Å²) in [5, 5.41) is 0. The van der Waals surface area contributed by atoms with E-state index in [1.165, 1.54) is 12.1 Å². The molecule has 2 aromatic rings. The minimum atomic E-state index is -1.15. The van der Waals surface area contributed by atoms with Gasteiger partial charge in [0.2, 0.25) is 0 Å². The summed E-state index contributed by atoms with van der Waals surface area (Å²) < 4.78 is 5.87. The number of hydrogen-bond donors (Lipinski definition) is 2. The summed E-state index contributed by atoms with van der Waals surface area (Å²) in [4.78, 5) is 63.2. The molecular weight excluding hydrogens is 494 g/mol. The highest BCUT2D eigenvalue weighted by Gasteiger charge is 2.43. The van der Waals surface area contributed by atoms with Crippen LogP contribution in [0.25, 0.3) is 0 Å². The van der Waals surface area contributed by atoms with E-state index in [4.69, 9.17) is 4.74 Å². The van der Waals surface area contributed by atoms with Gasteiger partial charge in [0.15, 0.2) is 6.61 Å². The molecule has 10 heteroatoms. The van der Waals surface area contributed by atoms with Gasteiger partial charge in [0.1, 0.15) is 6.04 Å². The summed E-state index contributed by atoms with van der Waals surface area (Å²) in [5.74, 6) is -3.33. The van der Waals surface area contributed by atoms with Crippen LogP contribution in [0.2, 0.25) is 0 Å². The highest BCUT2D eigenvalue weighted by molar-refractivity contribution is 9.10. The zero-order valence-electron chi connectivity index (χ0n) is 17.8. The summed E-state index contributed by atoms with van der Waals surface area (Å²) in [6, 6.07) is 11.7. The van der Waals surface area contributed by atoms with Gasteiger partial charge in [-0.1, -0.05) is 47.8 Å². The largest absolute Gasteiger partial charge is 0.454 e. The lowest BCUT2D eigenvalue weighted by molar-refractivity contribution is -0.152. The number of nitrogens with one attached hydrogen (secondary N) is 2. The van der Waals surface area contributed by atoms with Gasteiger partial charge in [-0.2, -0.15) is 0 Å². The lowest BCUT2D eigenvalue weighted by atomic mass is 10.1. The fraction of sp³-hybridized carbons (Fsp3) is 0.261. The Kier molecular flexibility index (Phi) is 7.94. The van der Waals surface area contributed by atoms with Gasteiger partial charge in [0, 0.05) is 10.0 Å². The fourth-order valence-corrected chi connectivity index (χ4v) is 3.57. The topological polar surface area (TPSA) is 122 Å². The van der Waals surface area contributed by atoms with E-state index in [0.717, 1.165) is 15.8 Å². The Labute approximate surface area is 198 Å². The Morgan fingerprint density at radius 1 is 0.970 bits per heavy atom. The van der Waals surface area contributed by atoms with Crippen molar-refractivity contribution < 1.29 is 28.7 Å². The van der Waals surface area contributed by atoms with Crippen LogP contribution in [-0.2, 0) is 14.3 Å². The van der Waals surface area contributed by atoms with E-state index in [1.807, 2.05) is 6.92 Å². The number of rotatable bonds is 8. The van der Waals surface area contributed by atoms with Crippen molar-refractivity contribution in [1.82, 2.24) is 15.8 Å². The Balaban J connectivity index is 1.58. The highest BCUT2D eigenvalue weighted by Crippen LogP contribution is 2.26. The number of fused-ring (bicyclic) bond motifs is 1. The summed E-state index contributed by atoms with van der Waals surface area (Å²) in [7, 11) is 0. The molecule has 1 heterocycles. The first kappa shape index (κ1) is 24.1. The van der Waals surface area contributed by atoms with Gasteiger partial charge in [-0.15, -0.1) is 0 Å². The maximum absolute atomic E-state index is 12.8. The molecule has 33 heavy (non-hydrogen) atoms. The Hall–Kier alpha value is -3.53. The minimum absolute atomic E-state index is 0.211. The van der Waals surface area contributed by atoms with E-state index in [9.17, 15) is 24.0 Å². The normalized spacial score (nSPS) is 13.3. The van der Waals surface area contributed by atoms with Crippen molar-refractivity contribution in [2.45, 2.75) is 32.2 Å². The molecule has 0 bridgehead atoms. The van der Waals surface area contributed by atoms with Crippen LogP contribution >= 0.6 is 15.9 Å². The third-order valence-corrected chi connectivity index (χ3v) is 5.54. The number of unbranched alkanes of at least 4 members (excludes halogenated alkanes) is 1. The number of carbonyl (C=O) groups is 5. The fourth-order valence-electron chi connectivity index (χ4n) is 3.31. The number of hydrogen-bond acceptors (Lipinski definition) is 6. The number of imide groups is 1. The van der Waals surface area contributed by atoms with Gasteiger partial charge in [0.05, 0.1) is 11.1 Å². The van der Waals surface area contributed by atoms with Crippen LogP contribution in [0, 0.1) is 0 Å². The van der Waals surface area contributed by atoms with Crippen LogP contribution in [-0.4, -0.2) is 47.1 Å². The van der Waals surface area contributed by atoms with Crippen molar-refractivity contribution in [3.05, 3.63) is 69.7 Å². The van der Waals surface area contributed by atoms with E-state index < -0.39 is 42.2 Å². The molecule has 0 saturated heterocycles. The van der Waals surface area contributed by atoms with Crippen molar-refractivity contribution in [2.75, 3.05) is 6.61 Å². The molecular formula is C23H22BrN3O6. The smallest absolute Gasteiger partial charge is 0.329 e. The predicted molar refractivity (Wildman–Crippen MR) is 121 cm³/mol. The highest BCUT2D eigenvalue weighted by atomic mass is 79.9. The van der Waals surface area contributed by atoms with Crippen LogP contribution in [0.5, 0.6) is 0 Å². The van der Waals surface area contributed by atoms with Gasteiger partial charge in [0.25, 0.3) is 23.6 Å². The molecule has 0 aromatic heterocycles. The number of nitrogens with zero attached hydrogens (tertiary/aromatic N) is 1. The molecule has 1 aliphatic heterocycles. The van der Waals surface area contributed by atoms with Gasteiger partial charge < -0.3 is 4.74 Å². The second-order valence-electron chi connectivity index (χ2n) is 7.30. The molecule has 0 saturated carbocycles. The standard InChI is InChI=1S/C23H22BrN3O6/c1-2-3-8-18(27-21(30)16-6-4-5-7-17(16)22(27)31)23(32)33-13-19(28)25-26-20(29)14-9-11-15(24)12-10-14/h4-7,9-12,18H,2-3,8,13H2,1H3,(H,25,28)(H,26,29)/t18-/m1/s1. The van der Waals surface area contributed by atoms with Crippen molar-refractivity contribution in [3.63, 3.8) is 0 Å². The predicted octanol–water partition coefficient (Wildman–Crippen LogP) is 2.61. The molecule has 2 aromatic carbocycles. The summed E-state index contributed by atoms with van der Waals surface area (Å²) >= 11 is 3.26. The Morgan fingerprint density at radius 2 is 1.58 bits per heavy atom. The monoisotopic (exact) mass is 515 g/mol. The van der Waals surface area contributed by atoms with Crippen molar-refractivity contribution in [1.29, 1.82) is 0 Å². The number of ether oxygens (including phenoxy) is 1. The number of esters is 1. The first-order valence-corrected chi connectivity index (χ1v) is 11.1. The molecule has 2 N–H and O–H groups in total. The molecule has 0 aliphatic carbocycles. The van der Waals surface area contributed by atoms with Crippen molar-refractivity contribution >= 4 is 45.5 Å². The van der Waals surface area contributed by atoms with E-state index in [-0.39, 0.29) is 17.5 Å². The quantitative estimate of drug-likeness (QED) is 0.316. The minimum Gasteiger partial charge on any atom is -0.454 e. The molecule has 9 nitrogen and oxygen atoms in total. The van der Waals surface area contributed by atoms with E-state index in [0.29, 0.717) is 12.0 Å². The number of benzene rings is 2. The number of hydrazine groups is 1. The van der Waals surface area contributed by atoms with E-state index in [2.05, 4.69) is 26.8 Å². The van der Waals surface area contributed by atoms with Gasteiger partial charge >= 0.3 is 5.97 Å². The molecule has 0 fully saturated rings. The zero-order chi connectivity index (χ0) is 24.0. The second-order valence-corrected chi connectivity index (χ2v) is 8.22. The third kappa shape index (κ3) is 5.64. The molecule has 1 aliphatic rings.